The van der Waals surface area contributed by atoms with Gasteiger partial charge in [-0.3, -0.25) is 14.4 Å². The zero-order chi connectivity index (χ0) is 21.5. The number of esters is 1. The molecule has 2 aliphatic rings. The first kappa shape index (κ1) is 22.3. The highest BCUT2D eigenvalue weighted by Crippen LogP contribution is 2.32. The molecule has 6 heteroatoms. The summed E-state index contributed by atoms with van der Waals surface area (Å²) in [5.74, 6) is -0.182. The number of likely N-dealkylation sites (tertiary alicyclic amines) is 1. The molecule has 30 heavy (non-hydrogen) atoms. The molecule has 1 atom stereocenters. The van der Waals surface area contributed by atoms with Gasteiger partial charge in [-0.15, -0.1) is 0 Å². The normalized spacial score (nSPS) is 19.9. The summed E-state index contributed by atoms with van der Waals surface area (Å²) in [5, 5.41) is 0. The van der Waals surface area contributed by atoms with E-state index < -0.39 is 0 Å². The van der Waals surface area contributed by atoms with E-state index in [4.69, 9.17) is 4.74 Å². The van der Waals surface area contributed by atoms with Crippen molar-refractivity contribution in [2.75, 3.05) is 33.3 Å². The molecule has 1 saturated carbocycles. The van der Waals surface area contributed by atoms with Crippen molar-refractivity contribution in [3.63, 3.8) is 0 Å². The number of amides is 2. The van der Waals surface area contributed by atoms with Crippen LogP contribution in [0.5, 0.6) is 0 Å². The van der Waals surface area contributed by atoms with Crippen molar-refractivity contribution < 1.29 is 19.1 Å². The van der Waals surface area contributed by atoms with E-state index in [0.29, 0.717) is 31.2 Å². The molecule has 1 saturated heterocycles. The smallest absolute Gasteiger partial charge is 0.310 e. The van der Waals surface area contributed by atoms with Crippen LogP contribution in [0.3, 0.4) is 0 Å². The molecule has 0 bridgehead atoms. The minimum atomic E-state index is -0.268. The number of carbonyl (C=O) groups is 3. The van der Waals surface area contributed by atoms with Gasteiger partial charge in [0.05, 0.1) is 19.1 Å². The third-order valence-electron chi connectivity index (χ3n) is 6.35. The van der Waals surface area contributed by atoms with Gasteiger partial charge in [-0.05, 0) is 56.2 Å². The summed E-state index contributed by atoms with van der Waals surface area (Å²) in [4.78, 5) is 40.6. The number of benzene rings is 1. The van der Waals surface area contributed by atoms with E-state index in [2.05, 4.69) is 12.1 Å². The van der Waals surface area contributed by atoms with Gasteiger partial charge < -0.3 is 14.5 Å². The van der Waals surface area contributed by atoms with Crippen molar-refractivity contribution in [2.45, 2.75) is 57.8 Å². The van der Waals surface area contributed by atoms with E-state index in [1.165, 1.54) is 42.6 Å². The predicted molar refractivity (Wildman–Crippen MR) is 115 cm³/mol. The molecular formula is C24H34N2O4. The van der Waals surface area contributed by atoms with Crippen LogP contribution < -0.4 is 0 Å². The molecule has 1 aliphatic heterocycles. The Morgan fingerprint density at radius 3 is 2.40 bits per heavy atom. The first-order chi connectivity index (χ1) is 14.5. The Kier molecular flexibility index (Phi) is 7.88. The summed E-state index contributed by atoms with van der Waals surface area (Å²) in [5.41, 5.74) is 1.91. The zero-order valence-corrected chi connectivity index (χ0v) is 18.3. The third kappa shape index (κ3) is 5.61. The maximum absolute atomic E-state index is 12.8. The summed E-state index contributed by atoms with van der Waals surface area (Å²) in [7, 11) is 1.65. The second-order valence-corrected chi connectivity index (χ2v) is 8.55. The van der Waals surface area contributed by atoms with Crippen molar-refractivity contribution >= 4 is 17.8 Å². The average Bonchev–Trinajstić information content (AvgIpc) is 2.79. The molecule has 0 aromatic heterocycles. The topological polar surface area (TPSA) is 66.9 Å². The molecular weight excluding hydrogens is 380 g/mol. The van der Waals surface area contributed by atoms with Gasteiger partial charge in [0.25, 0.3) is 5.91 Å². The Hall–Kier alpha value is -2.37. The number of hydrogen-bond acceptors (Lipinski definition) is 4. The quantitative estimate of drug-likeness (QED) is 0.667. The van der Waals surface area contributed by atoms with Crippen LogP contribution in [-0.2, 0) is 14.3 Å². The van der Waals surface area contributed by atoms with Crippen LogP contribution in [0.25, 0.3) is 0 Å². The fraction of sp³-hybridized carbons (Fsp3) is 0.625. The van der Waals surface area contributed by atoms with Crippen LogP contribution in [0.1, 0.15) is 73.7 Å². The molecule has 164 valence electrons. The Balaban J connectivity index is 1.54. The summed E-state index contributed by atoms with van der Waals surface area (Å²) in [6.07, 6.45) is 7.85. The Bertz CT molecular complexity index is 740. The van der Waals surface area contributed by atoms with Crippen molar-refractivity contribution in [3.05, 3.63) is 35.4 Å². The Labute approximate surface area is 179 Å². The van der Waals surface area contributed by atoms with Crippen LogP contribution in [0.2, 0.25) is 0 Å². The van der Waals surface area contributed by atoms with E-state index in [9.17, 15) is 14.4 Å². The highest BCUT2D eigenvalue weighted by Gasteiger charge is 2.30. The van der Waals surface area contributed by atoms with E-state index in [1.54, 1.807) is 18.9 Å². The lowest BCUT2D eigenvalue weighted by molar-refractivity contribution is -0.151. The van der Waals surface area contributed by atoms with E-state index in [0.717, 1.165) is 12.8 Å². The van der Waals surface area contributed by atoms with Crippen molar-refractivity contribution in [2.24, 2.45) is 5.92 Å². The highest BCUT2D eigenvalue weighted by atomic mass is 16.5. The van der Waals surface area contributed by atoms with Gasteiger partial charge in [-0.2, -0.15) is 0 Å². The van der Waals surface area contributed by atoms with Gasteiger partial charge in [0.1, 0.15) is 0 Å². The SMILES string of the molecule is CCOC(=O)C1CCCN(C(=O)CN(C)C(=O)c2ccc(C3CCCCC3)cc2)C1. The zero-order valence-electron chi connectivity index (χ0n) is 18.3. The highest BCUT2D eigenvalue weighted by molar-refractivity contribution is 5.96. The molecule has 0 spiro atoms. The van der Waals surface area contributed by atoms with Crippen LogP contribution in [0.4, 0.5) is 0 Å². The molecule has 3 rings (SSSR count). The number of carbonyl (C=O) groups excluding carboxylic acids is 3. The maximum atomic E-state index is 12.8. The predicted octanol–water partition coefficient (Wildman–Crippen LogP) is 3.61. The third-order valence-corrected chi connectivity index (χ3v) is 6.35. The van der Waals surface area contributed by atoms with Gasteiger partial charge in [0.2, 0.25) is 5.91 Å². The minimum absolute atomic E-state index is 0.0127. The molecule has 1 unspecified atom stereocenters. The van der Waals surface area contributed by atoms with Gasteiger partial charge in [0.15, 0.2) is 0 Å². The molecule has 1 aliphatic carbocycles. The van der Waals surface area contributed by atoms with Crippen molar-refractivity contribution in [1.82, 2.24) is 9.80 Å². The van der Waals surface area contributed by atoms with Crippen LogP contribution in [0.15, 0.2) is 24.3 Å². The standard InChI is InChI=1S/C24H34N2O4/c1-3-30-24(29)21-10-7-15-26(16-21)22(27)17-25(2)23(28)20-13-11-19(12-14-20)18-8-5-4-6-9-18/h11-14,18,21H,3-10,15-17H2,1-2H3. The Morgan fingerprint density at radius 2 is 1.73 bits per heavy atom. The van der Waals surface area contributed by atoms with Crippen LogP contribution in [-0.4, -0.2) is 60.9 Å². The fourth-order valence-electron chi connectivity index (χ4n) is 4.59. The first-order valence-electron chi connectivity index (χ1n) is 11.3. The molecule has 0 N–H and O–H groups in total. The number of likely N-dealkylation sites (N-methyl/N-ethyl adjacent to an activating group) is 1. The van der Waals surface area contributed by atoms with Gasteiger partial charge in [-0.25, -0.2) is 0 Å². The molecule has 2 fully saturated rings. The maximum Gasteiger partial charge on any atom is 0.310 e. The van der Waals surface area contributed by atoms with Gasteiger partial charge >= 0.3 is 5.97 Å². The molecule has 1 aromatic carbocycles. The van der Waals surface area contributed by atoms with Crippen molar-refractivity contribution in [1.29, 1.82) is 0 Å². The van der Waals surface area contributed by atoms with E-state index in [-0.39, 0.29) is 30.2 Å². The molecule has 0 radical (unpaired) electrons. The second kappa shape index (κ2) is 10.6. The number of nitrogens with zero attached hydrogens (tertiary/aromatic N) is 2. The second-order valence-electron chi connectivity index (χ2n) is 8.55. The first-order valence-corrected chi connectivity index (χ1v) is 11.3. The number of hydrogen-bond donors (Lipinski definition) is 0. The minimum Gasteiger partial charge on any atom is -0.466 e. The Morgan fingerprint density at radius 1 is 1.03 bits per heavy atom. The molecule has 6 nitrogen and oxygen atoms in total. The summed E-state index contributed by atoms with van der Waals surface area (Å²) < 4.78 is 5.10. The van der Waals surface area contributed by atoms with Crippen LogP contribution in [0, 0.1) is 5.92 Å². The monoisotopic (exact) mass is 414 g/mol. The number of rotatable bonds is 6. The van der Waals surface area contributed by atoms with Crippen LogP contribution >= 0.6 is 0 Å². The summed E-state index contributed by atoms with van der Waals surface area (Å²) in [6.45, 7) is 3.13. The lowest BCUT2D eigenvalue weighted by Gasteiger charge is -2.32. The molecule has 2 amide bonds. The van der Waals surface area contributed by atoms with Gasteiger partial charge in [-0.1, -0.05) is 31.4 Å². The molecule has 1 heterocycles. The lowest BCUT2D eigenvalue weighted by Crippen LogP contribution is -2.47. The summed E-state index contributed by atoms with van der Waals surface area (Å²) >= 11 is 0. The molecule has 1 aromatic rings. The van der Waals surface area contributed by atoms with E-state index in [1.807, 2.05) is 12.1 Å². The number of ether oxygens (including phenoxy) is 1. The average molecular weight is 415 g/mol. The van der Waals surface area contributed by atoms with Gasteiger partial charge in [0, 0.05) is 25.7 Å². The largest absolute Gasteiger partial charge is 0.466 e. The fourth-order valence-corrected chi connectivity index (χ4v) is 4.59. The summed E-state index contributed by atoms with van der Waals surface area (Å²) in [6, 6.07) is 7.89. The van der Waals surface area contributed by atoms with E-state index >= 15 is 0 Å². The lowest BCUT2D eigenvalue weighted by atomic mass is 9.84. The van der Waals surface area contributed by atoms with Crippen molar-refractivity contribution in [3.8, 4) is 0 Å². The number of piperidine rings is 1.